The molecule has 41 heavy (non-hydrogen) atoms. The number of amides is 2. The summed E-state index contributed by atoms with van der Waals surface area (Å²) in [6, 6.07) is 21.6. The first kappa shape index (κ1) is 29.6. The lowest BCUT2D eigenvalue weighted by molar-refractivity contribution is -0.142. The van der Waals surface area contributed by atoms with Gasteiger partial charge in [-0.1, -0.05) is 30.3 Å². The molecular formula is C30H29N3O6S2. The van der Waals surface area contributed by atoms with E-state index in [2.05, 4.69) is 15.6 Å². The van der Waals surface area contributed by atoms with Crippen molar-refractivity contribution in [2.45, 2.75) is 23.5 Å². The number of nitrogens with zero attached hydrogens (tertiary/aromatic N) is 1. The molecule has 2 N–H and O–H groups in total. The molecule has 0 aliphatic rings. The Morgan fingerprint density at radius 1 is 0.927 bits per heavy atom. The number of carbonyl (C=O) groups excluding carboxylic acids is 3. The second kappa shape index (κ2) is 14.3. The molecule has 1 aromatic heterocycles. The molecule has 9 nitrogen and oxygen atoms in total. The van der Waals surface area contributed by atoms with Gasteiger partial charge in [-0.2, -0.15) is 0 Å². The largest absolute Gasteiger partial charge is 0.493 e. The van der Waals surface area contributed by atoms with Crippen LogP contribution in [0.2, 0.25) is 0 Å². The number of hydrogen-bond acceptors (Lipinski definition) is 9. The molecule has 1 atom stereocenters. The van der Waals surface area contributed by atoms with Gasteiger partial charge in [-0.25, -0.2) is 4.98 Å². The number of thiazole rings is 1. The fourth-order valence-corrected chi connectivity index (χ4v) is 5.55. The molecule has 0 fully saturated rings. The number of ether oxygens (including phenoxy) is 3. The normalized spacial score (nSPS) is 11.3. The van der Waals surface area contributed by atoms with Gasteiger partial charge in [-0.3, -0.25) is 14.4 Å². The molecule has 0 spiro atoms. The first-order valence-corrected chi connectivity index (χ1v) is 14.4. The molecule has 0 saturated heterocycles. The number of anilines is 2. The van der Waals surface area contributed by atoms with Crippen LogP contribution in [0.25, 0.3) is 0 Å². The smallest absolute Gasteiger partial charge is 0.311 e. The minimum Gasteiger partial charge on any atom is -0.493 e. The summed E-state index contributed by atoms with van der Waals surface area (Å²) >= 11 is 2.63. The van der Waals surface area contributed by atoms with Gasteiger partial charge in [0.15, 0.2) is 16.6 Å². The van der Waals surface area contributed by atoms with Crippen molar-refractivity contribution < 1.29 is 28.6 Å². The number of carbonyl (C=O) groups is 3. The number of nitrogens with one attached hydrogen (secondary N) is 2. The number of esters is 1. The van der Waals surface area contributed by atoms with E-state index in [1.807, 2.05) is 42.5 Å². The summed E-state index contributed by atoms with van der Waals surface area (Å²) in [4.78, 5) is 43.1. The van der Waals surface area contributed by atoms with E-state index in [-0.39, 0.29) is 24.2 Å². The monoisotopic (exact) mass is 591 g/mol. The molecule has 0 aliphatic heterocycles. The van der Waals surface area contributed by atoms with Crippen molar-refractivity contribution in [3.8, 4) is 11.5 Å². The molecule has 4 aromatic rings. The second-order valence-electron chi connectivity index (χ2n) is 8.57. The van der Waals surface area contributed by atoms with Crippen LogP contribution in [-0.2, 0) is 20.7 Å². The molecule has 1 unspecified atom stereocenters. The number of benzene rings is 3. The van der Waals surface area contributed by atoms with Crippen LogP contribution in [0.5, 0.6) is 11.5 Å². The molecule has 0 saturated carbocycles. The molecular weight excluding hydrogens is 562 g/mol. The average molecular weight is 592 g/mol. The predicted octanol–water partition coefficient (Wildman–Crippen LogP) is 5.99. The highest BCUT2D eigenvalue weighted by Gasteiger charge is 2.23. The summed E-state index contributed by atoms with van der Waals surface area (Å²) in [5.74, 6) is 0.0963. The zero-order valence-electron chi connectivity index (χ0n) is 22.7. The Morgan fingerprint density at radius 3 is 2.34 bits per heavy atom. The number of aromatic nitrogens is 1. The van der Waals surface area contributed by atoms with E-state index in [4.69, 9.17) is 14.2 Å². The Labute approximate surface area is 246 Å². The van der Waals surface area contributed by atoms with Crippen molar-refractivity contribution in [2.75, 3.05) is 31.5 Å². The van der Waals surface area contributed by atoms with E-state index in [1.165, 1.54) is 37.3 Å². The summed E-state index contributed by atoms with van der Waals surface area (Å²) in [6.45, 7) is 2.05. The molecule has 0 radical (unpaired) electrons. The van der Waals surface area contributed by atoms with Gasteiger partial charge in [0.05, 0.1) is 32.9 Å². The number of hydrogen-bond donors (Lipinski definition) is 2. The third kappa shape index (κ3) is 8.09. The summed E-state index contributed by atoms with van der Waals surface area (Å²) < 4.78 is 15.5. The highest BCUT2D eigenvalue weighted by Crippen LogP contribution is 2.37. The molecule has 1 heterocycles. The number of thioether (sulfide) groups is 1. The van der Waals surface area contributed by atoms with Crippen LogP contribution in [0.1, 0.15) is 33.8 Å². The van der Waals surface area contributed by atoms with E-state index in [0.29, 0.717) is 40.2 Å². The van der Waals surface area contributed by atoms with Crippen LogP contribution in [0.4, 0.5) is 10.8 Å². The van der Waals surface area contributed by atoms with Gasteiger partial charge in [-0.05, 0) is 55.0 Å². The summed E-state index contributed by atoms with van der Waals surface area (Å²) in [5.41, 5.74) is 2.39. The van der Waals surface area contributed by atoms with Gasteiger partial charge >= 0.3 is 5.97 Å². The third-order valence-electron chi connectivity index (χ3n) is 5.76. The van der Waals surface area contributed by atoms with Crippen LogP contribution >= 0.6 is 23.1 Å². The van der Waals surface area contributed by atoms with Crippen LogP contribution in [-0.4, -0.2) is 43.6 Å². The van der Waals surface area contributed by atoms with Crippen molar-refractivity contribution in [3.63, 3.8) is 0 Å². The Hall–Kier alpha value is -4.35. The average Bonchev–Trinajstić information content (AvgIpc) is 3.42. The lowest BCUT2D eigenvalue weighted by Crippen LogP contribution is -2.19. The maximum Gasteiger partial charge on any atom is 0.311 e. The number of methoxy groups -OCH3 is 2. The quantitative estimate of drug-likeness (QED) is 0.153. The van der Waals surface area contributed by atoms with E-state index in [0.717, 1.165) is 10.5 Å². The SMILES string of the molecule is CCOC(=O)Cc1csc(NC(=O)C(Sc2ccc(NC(=O)c3ccc(OC)c(OC)c3)cc2)c2ccccc2)n1. The summed E-state index contributed by atoms with van der Waals surface area (Å²) in [7, 11) is 3.05. The minimum absolute atomic E-state index is 0.0476. The molecule has 4 rings (SSSR count). The zero-order chi connectivity index (χ0) is 29.2. The highest BCUT2D eigenvalue weighted by atomic mass is 32.2. The topological polar surface area (TPSA) is 116 Å². The number of rotatable bonds is 12. The van der Waals surface area contributed by atoms with E-state index in [9.17, 15) is 14.4 Å². The van der Waals surface area contributed by atoms with Gasteiger partial charge in [0.25, 0.3) is 5.91 Å². The van der Waals surface area contributed by atoms with Crippen molar-refractivity contribution in [1.29, 1.82) is 0 Å². The minimum atomic E-state index is -0.569. The van der Waals surface area contributed by atoms with Crippen LogP contribution in [0.3, 0.4) is 0 Å². The molecule has 2 amide bonds. The Morgan fingerprint density at radius 2 is 1.66 bits per heavy atom. The van der Waals surface area contributed by atoms with Gasteiger partial charge in [0.2, 0.25) is 5.91 Å². The van der Waals surface area contributed by atoms with Crippen molar-refractivity contribution in [2.24, 2.45) is 0 Å². The standard InChI is InChI=1S/C30H29N3O6S2/c1-4-39-26(34)17-22-18-40-30(32-22)33-29(36)27(19-8-6-5-7-9-19)41-23-13-11-21(12-14-23)31-28(35)20-10-15-24(37-2)25(16-20)38-3/h5-16,18,27H,4,17H2,1-3H3,(H,31,35)(H,32,33,36). The van der Waals surface area contributed by atoms with Gasteiger partial charge in [-0.15, -0.1) is 23.1 Å². The van der Waals surface area contributed by atoms with Crippen molar-refractivity contribution in [3.05, 3.63) is 95.0 Å². The van der Waals surface area contributed by atoms with Gasteiger partial charge in [0, 0.05) is 21.5 Å². The fourth-order valence-electron chi connectivity index (χ4n) is 3.81. The van der Waals surface area contributed by atoms with Crippen LogP contribution < -0.4 is 20.1 Å². The van der Waals surface area contributed by atoms with Crippen LogP contribution in [0, 0.1) is 0 Å². The maximum atomic E-state index is 13.4. The van der Waals surface area contributed by atoms with E-state index >= 15 is 0 Å². The van der Waals surface area contributed by atoms with E-state index in [1.54, 1.807) is 42.6 Å². The highest BCUT2D eigenvalue weighted by molar-refractivity contribution is 8.00. The predicted molar refractivity (Wildman–Crippen MR) is 160 cm³/mol. The molecule has 11 heteroatoms. The molecule has 0 aliphatic carbocycles. The third-order valence-corrected chi connectivity index (χ3v) is 7.84. The van der Waals surface area contributed by atoms with Gasteiger partial charge in [0.1, 0.15) is 5.25 Å². The summed E-state index contributed by atoms with van der Waals surface area (Å²) in [5, 5.41) is 7.32. The maximum absolute atomic E-state index is 13.4. The fraction of sp³-hybridized carbons (Fsp3) is 0.200. The molecule has 0 bridgehead atoms. The van der Waals surface area contributed by atoms with Crippen molar-refractivity contribution >= 4 is 51.7 Å². The lowest BCUT2D eigenvalue weighted by atomic mass is 10.1. The summed E-state index contributed by atoms with van der Waals surface area (Å²) in [6.07, 6.45) is 0.0476. The Bertz CT molecular complexity index is 1490. The van der Waals surface area contributed by atoms with Crippen molar-refractivity contribution in [1.82, 2.24) is 4.98 Å². The molecule has 212 valence electrons. The molecule has 3 aromatic carbocycles. The lowest BCUT2D eigenvalue weighted by Gasteiger charge is -2.16. The Balaban J connectivity index is 1.44. The second-order valence-corrected chi connectivity index (χ2v) is 10.6. The zero-order valence-corrected chi connectivity index (χ0v) is 24.3. The van der Waals surface area contributed by atoms with Crippen LogP contribution in [0.15, 0.2) is 83.1 Å². The van der Waals surface area contributed by atoms with E-state index < -0.39 is 5.25 Å². The first-order chi connectivity index (χ1) is 19.9. The Kier molecular flexibility index (Phi) is 10.4. The van der Waals surface area contributed by atoms with Gasteiger partial charge < -0.3 is 24.8 Å². The first-order valence-electron chi connectivity index (χ1n) is 12.7.